The fourth-order valence-electron chi connectivity index (χ4n) is 2.11. The highest BCUT2D eigenvalue weighted by Gasteiger charge is 2.11. The highest BCUT2D eigenvalue weighted by atomic mass is 32.1. The van der Waals surface area contributed by atoms with Crippen molar-refractivity contribution in [2.45, 2.75) is 31.7 Å². The fourth-order valence-corrected chi connectivity index (χ4v) is 2.32. The second-order valence-corrected chi connectivity index (χ2v) is 5.44. The smallest absolute Gasteiger partial charge is 0.254 e. The van der Waals surface area contributed by atoms with E-state index >= 15 is 0 Å². The number of hydrogen-bond acceptors (Lipinski definition) is 3. The van der Waals surface area contributed by atoms with Crippen LogP contribution in [0.1, 0.15) is 28.2 Å². The summed E-state index contributed by atoms with van der Waals surface area (Å²) in [6.45, 7) is 5.12. The van der Waals surface area contributed by atoms with E-state index in [-0.39, 0.29) is 5.56 Å². The van der Waals surface area contributed by atoms with Crippen LogP contribution in [0.5, 0.6) is 0 Å². The van der Waals surface area contributed by atoms with Gasteiger partial charge in [-0.3, -0.25) is 9.48 Å². The lowest BCUT2D eigenvalue weighted by atomic mass is 10.2. The molecule has 1 aromatic heterocycles. The molecule has 112 valence electrons. The third kappa shape index (κ3) is 4.07. The lowest BCUT2D eigenvalue weighted by molar-refractivity contribution is 0.0948. The molecular formula is C15H18FN3OS. The van der Waals surface area contributed by atoms with Gasteiger partial charge in [0.15, 0.2) is 0 Å². The maximum atomic E-state index is 13.5. The zero-order valence-electron chi connectivity index (χ0n) is 12.1. The first-order valence-electron chi connectivity index (χ1n) is 6.75. The first-order chi connectivity index (χ1) is 9.97. The molecule has 1 aromatic carbocycles. The van der Waals surface area contributed by atoms with E-state index < -0.39 is 11.7 Å². The van der Waals surface area contributed by atoms with Crippen molar-refractivity contribution < 1.29 is 9.18 Å². The van der Waals surface area contributed by atoms with Crippen LogP contribution in [0.15, 0.2) is 29.2 Å². The van der Waals surface area contributed by atoms with Crippen molar-refractivity contribution in [3.05, 3.63) is 47.0 Å². The van der Waals surface area contributed by atoms with Crippen LogP contribution in [0.25, 0.3) is 0 Å². The molecule has 2 rings (SSSR count). The zero-order valence-corrected chi connectivity index (χ0v) is 13.0. The van der Waals surface area contributed by atoms with E-state index in [9.17, 15) is 9.18 Å². The van der Waals surface area contributed by atoms with Gasteiger partial charge in [-0.25, -0.2) is 4.39 Å². The van der Waals surface area contributed by atoms with Gasteiger partial charge in [-0.2, -0.15) is 5.10 Å². The Hall–Kier alpha value is -1.82. The molecule has 0 radical (unpaired) electrons. The molecule has 1 heterocycles. The first-order valence-corrected chi connectivity index (χ1v) is 7.20. The maximum Gasteiger partial charge on any atom is 0.254 e. The molecule has 0 saturated carbocycles. The molecule has 0 fully saturated rings. The van der Waals surface area contributed by atoms with Crippen molar-refractivity contribution in [2.75, 3.05) is 6.54 Å². The highest BCUT2D eigenvalue weighted by molar-refractivity contribution is 7.80. The van der Waals surface area contributed by atoms with Gasteiger partial charge >= 0.3 is 0 Å². The van der Waals surface area contributed by atoms with Crippen LogP contribution in [0.2, 0.25) is 0 Å². The summed E-state index contributed by atoms with van der Waals surface area (Å²) in [5.41, 5.74) is 2.09. The van der Waals surface area contributed by atoms with Crippen molar-refractivity contribution in [1.29, 1.82) is 0 Å². The van der Waals surface area contributed by atoms with Gasteiger partial charge in [0.1, 0.15) is 5.82 Å². The monoisotopic (exact) mass is 307 g/mol. The van der Waals surface area contributed by atoms with Crippen LogP contribution in [0.3, 0.4) is 0 Å². The number of benzene rings is 1. The predicted octanol–water partition coefficient (Wildman–Crippen LogP) is 2.75. The molecular weight excluding hydrogens is 289 g/mol. The second-order valence-electron chi connectivity index (χ2n) is 4.92. The lowest BCUT2D eigenvalue weighted by Crippen LogP contribution is -2.26. The molecule has 0 bridgehead atoms. The topological polar surface area (TPSA) is 46.9 Å². The summed E-state index contributed by atoms with van der Waals surface area (Å²) < 4.78 is 15.4. The largest absolute Gasteiger partial charge is 0.352 e. The Kier molecular flexibility index (Phi) is 5.01. The Morgan fingerprint density at radius 1 is 1.38 bits per heavy atom. The molecule has 0 spiro atoms. The van der Waals surface area contributed by atoms with Crippen molar-refractivity contribution in [1.82, 2.24) is 15.1 Å². The summed E-state index contributed by atoms with van der Waals surface area (Å²) in [6.07, 6.45) is 0.732. The van der Waals surface area contributed by atoms with Crippen molar-refractivity contribution >= 4 is 18.5 Å². The van der Waals surface area contributed by atoms with Gasteiger partial charge in [0.25, 0.3) is 5.91 Å². The summed E-state index contributed by atoms with van der Waals surface area (Å²) in [7, 11) is 0. The van der Waals surface area contributed by atoms with Crippen molar-refractivity contribution in [2.24, 2.45) is 0 Å². The first kappa shape index (κ1) is 15.6. The minimum absolute atomic E-state index is 0.0219. The Balaban J connectivity index is 1.84. The van der Waals surface area contributed by atoms with Gasteiger partial charge in [-0.05, 0) is 44.5 Å². The van der Waals surface area contributed by atoms with Crippen LogP contribution < -0.4 is 5.32 Å². The minimum Gasteiger partial charge on any atom is -0.352 e. The Morgan fingerprint density at radius 2 is 2.14 bits per heavy atom. The molecule has 0 aliphatic heterocycles. The Morgan fingerprint density at radius 3 is 2.81 bits per heavy atom. The predicted molar refractivity (Wildman–Crippen MR) is 82.3 cm³/mol. The van der Waals surface area contributed by atoms with Crippen LogP contribution >= 0.6 is 12.6 Å². The molecule has 0 unspecified atom stereocenters. The van der Waals surface area contributed by atoms with Crippen molar-refractivity contribution in [3.63, 3.8) is 0 Å². The van der Waals surface area contributed by atoms with Crippen molar-refractivity contribution in [3.8, 4) is 0 Å². The van der Waals surface area contributed by atoms with E-state index in [1.54, 1.807) is 0 Å². The number of nitrogens with one attached hydrogen (secondary N) is 1. The second kappa shape index (κ2) is 6.76. The minimum atomic E-state index is -0.538. The van der Waals surface area contributed by atoms with Crippen LogP contribution in [0, 0.1) is 19.7 Å². The van der Waals surface area contributed by atoms with E-state index in [1.165, 1.54) is 18.2 Å². The fraction of sp³-hybridized carbons (Fsp3) is 0.333. The van der Waals surface area contributed by atoms with E-state index in [0.29, 0.717) is 11.4 Å². The van der Waals surface area contributed by atoms with Crippen LogP contribution in [-0.4, -0.2) is 22.2 Å². The summed E-state index contributed by atoms with van der Waals surface area (Å²) in [4.78, 5) is 12.5. The SMILES string of the molecule is Cc1cc(C)n(CCCNC(=O)c2cc(S)ccc2F)n1. The van der Waals surface area contributed by atoms with E-state index in [2.05, 4.69) is 23.0 Å². The van der Waals surface area contributed by atoms with Gasteiger partial charge in [0.05, 0.1) is 11.3 Å². The molecule has 0 saturated heterocycles. The molecule has 1 N–H and O–H groups in total. The third-order valence-corrected chi connectivity index (χ3v) is 3.41. The number of amides is 1. The normalized spacial score (nSPS) is 10.7. The van der Waals surface area contributed by atoms with Gasteiger partial charge in [0, 0.05) is 23.7 Å². The number of thiol groups is 1. The van der Waals surface area contributed by atoms with Crippen LogP contribution in [0.4, 0.5) is 4.39 Å². The number of aromatic nitrogens is 2. The summed E-state index contributed by atoms with van der Waals surface area (Å²) in [6, 6.07) is 6.19. The molecule has 1 amide bonds. The lowest BCUT2D eigenvalue weighted by Gasteiger charge is -2.08. The van der Waals surface area contributed by atoms with E-state index in [1.807, 2.05) is 24.6 Å². The van der Waals surface area contributed by atoms with Crippen LogP contribution in [-0.2, 0) is 6.54 Å². The Bertz CT molecular complexity index is 654. The zero-order chi connectivity index (χ0) is 15.4. The quantitative estimate of drug-likeness (QED) is 0.659. The van der Waals surface area contributed by atoms with Gasteiger partial charge < -0.3 is 5.32 Å². The van der Waals surface area contributed by atoms with Gasteiger partial charge in [0.2, 0.25) is 0 Å². The number of aryl methyl sites for hydroxylation is 3. The number of carbonyl (C=O) groups excluding carboxylic acids is 1. The molecule has 4 nitrogen and oxygen atoms in total. The average Bonchev–Trinajstić information content (AvgIpc) is 2.75. The number of rotatable bonds is 5. The summed E-state index contributed by atoms with van der Waals surface area (Å²) in [5.74, 6) is -0.958. The standard InChI is InChI=1S/C15H18FN3OS/c1-10-8-11(2)19(18-10)7-3-6-17-15(20)13-9-12(21)4-5-14(13)16/h4-5,8-9,21H,3,6-7H2,1-2H3,(H,17,20). The van der Waals surface area contributed by atoms with Gasteiger partial charge in [-0.15, -0.1) is 12.6 Å². The Labute approximate surface area is 128 Å². The summed E-state index contributed by atoms with van der Waals surface area (Å²) >= 11 is 4.11. The molecule has 2 aromatic rings. The number of carbonyl (C=O) groups is 1. The van der Waals surface area contributed by atoms with E-state index in [0.717, 1.165) is 24.4 Å². The number of halogens is 1. The average molecular weight is 307 g/mol. The highest BCUT2D eigenvalue weighted by Crippen LogP contribution is 2.13. The molecule has 0 aliphatic carbocycles. The van der Waals surface area contributed by atoms with E-state index in [4.69, 9.17) is 0 Å². The third-order valence-electron chi connectivity index (χ3n) is 3.13. The number of nitrogens with zero attached hydrogens (tertiary/aromatic N) is 2. The maximum absolute atomic E-state index is 13.5. The molecule has 21 heavy (non-hydrogen) atoms. The summed E-state index contributed by atoms with van der Waals surface area (Å²) in [5, 5.41) is 7.05. The molecule has 6 heteroatoms. The molecule has 0 atom stereocenters. The molecule has 0 aliphatic rings. The number of hydrogen-bond donors (Lipinski definition) is 2. The van der Waals surface area contributed by atoms with Gasteiger partial charge in [-0.1, -0.05) is 0 Å².